The molecule has 0 unspecified atom stereocenters. The Morgan fingerprint density at radius 3 is 2.43 bits per heavy atom. The van der Waals surface area contributed by atoms with E-state index in [1.165, 1.54) is 73.4 Å². The lowest BCUT2D eigenvalue weighted by Crippen LogP contribution is -2.40. The van der Waals surface area contributed by atoms with Crippen molar-refractivity contribution < 1.29 is 9.18 Å². The number of nitrogens with zero attached hydrogens (tertiary/aromatic N) is 2. The molecular formula is C22H26FN3O2. The van der Waals surface area contributed by atoms with Gasteiger partial charge in [-0.15, -0.1) is 0 Å². The molecule has 1 aliphatic heterocycles. The first kappa shape index (κ1) is 18.9. The Bertz CT molecular complexity index is 897. The number of pyridine rings is 1. The fourth-order valence-corrected chi connectivity index (χ4v) is 3.95. The van der Waals surface area contributed by atoms with Gasteiger partial charge >= 0.3 is 0 Å². The Morgan fingerprint density at radius 1 is 1.04 bits per heavy atom. The molecule has 1 saturated carbocycles. The monoisotopic (exact) mass is 383 g/mol. The third-order valence-corrected chi connectivity index (χ3v) is 5.87. The maximum atomic E-state index is 13.1. The summed E-state index contributed by atoms with van der Waals surface area (Å²) in [6, 6.07) is 8.56. The molecule has 6 heteroatoms. The molecule has 0 atom stereocenters. The van der Waals surface area contributed by atoms with Gasteiger partial charge in [0.15, 0.2) is 0 Å². The minimum atomic E-state index is -0.367. The summed E-state index contributed by atoms with van der Waals surface area (Å²) < 4.78 is 14.5. The third-order valence-electron chi connectivity index (χ3n) is 5.87. The Balaban J connectivity index is 1.41. The highest BCUT2D eigenvalue weighted by molar-refractivity contribution is 5.94. The molecule has 28 heavy (non-hydrogen) atoms. The van der Waals surface area contributed by atoms with E-state index in [-0.39, 0.29) is 22.7 Å². The molecule has 5 nitrogen and oxygen atoms in total. The molecule has 1 saturated heterocycles. The van der Waals surface area contributed by atoms with Gasteiger partial charge in [-0.2, -0.15) is 0 Å². The number of piperidine rings is 1. The molecular weight excluding hydrogens is 357 g/mol. The fraction of sp³-hybridized carbons (Fsp3) is 0.455. The summed E-state index contributed by atoms with van der Waals surface area (Å²) in [5.41, 5.74) is 0.910. The van der Waals surface area contributed by atoms with Gasteiger partial charge in [0, 0.05) is 36.5 Å². The zero-order valence-corrected chi connectivity index (χ0v) is 16.0. The molecule has 2 aliphatic rings. The van der Waals surface area contributed by atoms with Gasteiger partial charge in [-0.3, -0.25) is 14.2 Å². The normalized spacial score (nSPS) is 18.6. The number of aromatic nitrogens is 1. The lowest BCUT2D eigenvalue weighted by Gasteiger charge is -2.30. The summed E-state index contributed by atoms with van der Waals surface area (Å²) in [5, 5.41) is 3.06. The number of benzene rings is 1. The second-order valence-corrected chi connectivity index (χ2v) is 8.12. The minimum Gasteiger partial charge on any atom is -0.351 e. The van der Waals surface area contributed by atoms with E-state index >= 15 is 0 Å². The van der Waals surface area contributed by atoms with E-state index in [2.05, 4.69) is 10.2 Å². The molecule has 0 bridgehead atoms. The van der Waals surface area contributed by atoms with Crippen LogP contribution >= 0.6 is 0 Å². The molecule has 0 radical (unpaired) electrons. The summed E-state index contributed by atoms with van der Waals surface area (Å²) in [4.78, 5) is 27.3. The van der Waals surface area contributed by atoms with Crippen LogP contribution < -0.4 is 10.9 Å². The molecule has 2 aromatic rings. The molecule has 148 valence electrons. The van der Waals surface area contributed by atoms with Crippen LogP contribution in [0.25, 0.3) is 5.69 Å². The van der Waals surface area contributed by atoms with Crippen LogP contribution in [0.1, 0.15) is 42.5 Å². The van der Waals surface area contributed by atoms with E-state index in [4.69, 9.17) is 0 Å². The Morgan fingerprint density at radius 2 is 1.75 bits per heavy atom. The van der Waals surface area contributed by atoms with Crippen LogP contribution in [0.3, 0.4) is 0 Å². The molecule has 1 aromatic heterocycles. The first-order valence-corrected chi connectivity index (χ1v) is 10.0. The van der Waals surface area contributed by atoms with E-state index in [1.807, 2.05) is 0 Å². The van der Waals surface area contributed by atoms with Crippen LogP contribution in [0.2, 0.25) is 0 Å². The van der Waals surface area contributed by atoms with Gasteiger partial charge in [-0.05, 0) is 69.1 Å². The number of halogens is 1. The lowest BCUT2D eigenvalue weighted by molar-refractivity contribution is 0.0935. The van der Waals surface area contributed by atoms with Crippen molar-refractivity contribution in [3.8, 4) is 5.69 Å². The summed E-state index contributed by atoms with van der Waals surface area (Å²) in [7, 11) is 0. The molecule has 1 aromatic carbocycles. The SMILES string of the molecule is O=C(NCC1(CN2CCCCC2)CC1)c1ccc(=O)n(-c2ccc(F)cc2)c1. The first-order valence-electron chi connectivity index (χ1n) is 10.0. The first-order chi connectivity index (χ1) is 13.5. The average molecular weight is 383 g/mol. The maximum Gasteiger partial charge on any atom is 0.255 e. The standard InChI is InChI=1S/C22H26FN3O2/c23-18-5-7-19(8-6-18)26-14-17(4-9-20(26)27)21(28)24-15-22(10-11-22)16-25-12-2-1-3-13-25/h4-9,14H,1-3,10-13,15-16H2,(H,24,28). The van der Waals surface area contributed by atoms with Gasteiger partial charge in [0.2, 0.25) is 0 Å². The number of carbonyl (C=O) groups is 1. The van der Waals surface area contributed by atoms with E-state index in [9.17, 15) is 14.0 Å². The zero-order chi connectivity index (χ0) is 19.6. The summed E-state index contributed by atoms with van der Waals surface area (Å²) in [6.45, 7) is 4.05. The minimum absolute atomic E-state index is 0.180. The van der Waals surface area contributed by atoms with Gasteiger partial charge in [0.05, 0.1) is 5.56 Å². The molecule has 1 amide bonds. The highest BCUT2D eigenvalue weighted by Gasteiger charge is 2.44. The predicted octanol–water partition coefficient (Wildman–Crippen LogP) is 2.97. The number of rotatable bonds is 6. The fourth-order valence-electron chi connectivity index (χ4n) is 3.95. The van der Waals surface area contributed by atoms with Gasteiger partial charge < -0.3 is 10.2 Å². The molecule has 2 heterocycles. The van der Waals surface area contributed by atoms with Crippen molar-refractivity contribution in [2.24, 2.45) is 5.41 Å². The number of carbonyl (C=O) groups excluding carboxylic acids is 1. The van der Waals surface area contributed by atoms with Crippen molar-refractivity contribution in [3.63, 3.8) is 0 Å². The number of amides is 1. The molecule has 0 spiro atoms. The van der Waals surface area contributed by atoms with Gasteiger partial charge in [-0.1, -0.05) is 6.42 Å². The quantitative estimate of drug-likeness (QED) is 0.834. The summed E-state index contributed by atoms with van der Waals surface area (Å²) >= 11 is 0. The topological polar surface area (TPSA) is 54.3 Å². The van der Waals surface area contributed by atoms with Crippen LogP contribution in [-0.4, -0.2) is 41.6 Å². The number of hydrogen-bond acceptors (Lipinski definition) is 3. The smallest absolute Gasteiger partial charge is 0.255 e. The maximum absolute atomic E-state index is 13.1. The highest BCUT2D eigenvalue weighted by atomic mass is 19.1. The van der Waals surface area contributed by atoms with Gasteiger partial charge in [-0.25, -0.2) is 4.39 Å². The predicted molar refractivity (Wildman–Crippen MR) is 106 cm³/mol. The van der Waals surface area contributed by atoms with E-state index < -0.39 is 0 Å². The van der Waals surface area contributed by atoms with Crippen LogP contribution in [0, 0.1) is 11.2 Å². The van der Waals surface area contributed by atoms with Gasteiger partial charge in [0.25, 0.3) is 11.5 Å². The molecule has 4 rings (SSSR count). The van der Waals surface area contributed by atoms with E-state index in [1.54, 1.807) is 6.07 Å². The van der Waals surface area contributed by atoms with Crippen LogP contribution in [0.15, 0.2) is 47.4 Å². The van der Waals surface area contributed by atoms with Crippen molar-refractivity contribution in [2.45, 2.75) is 32.1 Å². The second-order valence-electron chi connectivity index (χ2n) is 8.12. The molecule has 2 fully saturated rings. The zero-order valence-electron chi connectivity index (χ0n) is 16.0. The van der Waals surface area contributed by atoms with Crippen molar-refractivity contribution in [1.29, 1.82) is 0 Å². The van der Waals surface area contributed by atoms with Crippen molar-refractivity contribution in [2.75, 3.05) is 26.2 Å². The summed E-state index contributed by atoms with van der Waals surface area (Å²) in [6.07, 6.45) is 7.69. The van der Waals surface area contributed by atoms with Gasteiger partial charge in [0.1, 0.15) is 5.82 Å². The Labute approximate surface area is 164 Å². The molecule has 1 aliphatic carbocycles. The average Bonchev–Trinajstić information content (AvgIpc) is 3.48. The number of hydrogen-bond donors (Lipinski definition) is 1. The largest absolute Gasteiger partial charge is 0.351 e. The van der Waals surface area contributed by atoms with Crippen LogP contribution in [0.5, 0.6) is 0 Å². The van der Waals surface area contributed by atoms with Crippen LogP contribution in [0.4, 0.5) is 4.39 Å². The third kappa shape index (κ3) is 4.33. The molecule has 1 N–H and O–H groups in total. The highest BCUT2D eigenvalue weighted by Crippen LogP contribution is 2.46. The van der Waals surface area contributed by atoms with E-state index in [0.717, 1.165) is 19.4 Å². The number of likely N-dealkylation sites (tertiary alicyclic amines) is 1. The Kier molecular flexibility index (Phi) is 5.31. The van der Waals surface area contributed by atoms with E-state index in [0.29, 0.717) is 17.8 Å². The number of nitrogens with one attached hydrogen (secondary N) is 1. The second kappa shape index (κ2) is 7.87. The van der Waals surface area contributed by atoms with Crippen molar-refractivity contribution in [1.82, 2.24) is 14.8 Å². The van der Waals surface area contributed by atoms with Crippen molar-refractivity contribution in [3.05, 3.63) is 64.3 Å². The lowest BCUT2D eigenvalue weighted by atomic mass is 10.0. The van der Waals surface area contributed by atoms with Crippen LogP contribution in [-0.2, 0) is 0 Å². The Hall–Kier alpha value is -2.47. The van der Waals surface area contributed by atoms with Crippen molar-refractivity contribution >= 4 is 5.91 Å². The summed E-state index contributed by atoms with van der Waals surface area (Å²) in [5.74, 6) is -0.546.